The second-order valence-electron chi connectivity index (χ2n) is 5.18. The summed E-state index contributed by atoms with van der Waals surface area (Å²) in [6.45, 7) is 1.35. The van der Waals surface area contributed by atoms with E-state index in [9.17, 15) is 8.78 Å². The summed E-state index contributed by atoms with van der Waals surface area (Å²) in [5.41, 5.74) is 0.124. The minimum Gasteiger partial charge on any atom is -0.394 e. The number of aliphatic hydroxyl groups is 1. The number of benzene rings is 1. The van der Waals surface area contributed by atoms with Crippen molar-refractivity contribution >= 4 is 0 Å². The maximum absolute atomic E-state index is 14.0. The van der Waals surface area contributed by atoms with Gasteiger partial charge in [-0.3, -0.25) is 0 Å². The SMILES string of the molecule is OCCOCCNC1(c2ccc(F)cc2F)CCCC1. The van der Waals surface area contributed by atoms with Crippen molar-refractivity contribution in [1.82, 2.24) is 5.32 Å². The summed E-state index contributed by atoms with van der Waals surface area (Å²) in [4.78, 5) is 0. The van der Waals surface area contributed by atoms with Crippen LogP contribution in [0.3, 0.4) is 0 Å². The highest BCUT2D eigenvalue weighted by Crippen LogP contribution is 2.39. The van der Waals surface area contributed by atoms with Gasteiger partial charge in [-0.05, 0) is 18.9 Å². The van der Waals surface area contributed by atoms with Crippen LogP contribution in [0.15, 0.2) is 18.2 Å². The number of nitrogens with one attached hydrogen (secondary N) is 1. The molecule has 5 heteroatoms. The first-order chi connectivity index (χ1) is 9.68. The van der Waals surface area contributed by atoms with Crippen LogP contribution < -0.4 is 5.32 Å². The fourth-order valence-corrected chi connectivity index (χ4v) is 2.93. The van der Waals surface area contributed by atoms with E-state index < -0.39 is 17.2 Å². The normalized spacial score (nSPS) is 17.6. The summed E-state index contributed by atoms with van der Waals surface area (Å²) in [6, 6.07) is 3.79. The van der Waals surface area contributed by atoms with E-state index >= 15 is 0 Å². The van der Waals surface area contributed by atoms with Crippen LogP contribution in [0.4, 0.5) is 8.78 Å². The molecule has 3 nitrogen and oxygen atoms in total. The molecule has 1 fully saturated rings. The number of hydrogen-bond donors (Lipinski definition) is 2. The fourth-order valence-electron chi connectivity index (χ4n) is 2.93. The Bertz CT molecular complexity index is 434. The summed E-state index contributed by atoms with van der Waals surface area (Å²) < 4.78 is 32.3. The number of halogens is 2. The lowest BCUT2D eigenvalue weighted by atomic mass is 9.87. The molecule has 0 atom stereocenters. The molecule has 0 unspecified atom stereocenters. The van der Waals surface area contributed by atoms with E-state index in [0.29, 0.717) is 25.3 Å². The van der Waals surface area contributed by atoms with Crippen molar-refractivity contribution in [2.24, 2.45) is 0 Å². The molecule has 2 N–H and O–H groups in total. The number of hydrogen-bond acceptors (Lipinski definition) is 3. The van der Waals surface area contributed by atoms with E-state index in [1.807, 2.05) is 0 Å². The molecule has 2 rings (SSSR count). The molecule has 0 amide bonds. The minimum atomic E-state index is -0.550. The third kappa shape index (κ3) is 3.53. The van der Waals surface area contributed by atoms with E-state index in [-0.39, 0.29) is 6.61 Å². The first-order valence-corrected chi connectivity index (χ1v) is 7.07. The van der Waals surface area contributed by atoms with Crippen molar-refractivity contribution < 1.29 is 18.6 Å². The molecule has 1 saturated carbocycles. The number of aliphatic hydroxyl groups excluding tert-OH is 1. The smallest absolute Gasteiger partial charge is 0.131 e. The van der Waals surface area contributed by atoms with Crippen molar-refractivity contribution in [2.45, 2.75) is 31.2 Å². The molecule has 112 valence electrons. The summed E-state index contributed by atoms with van der Waals surface area (Å²) >= 11 is 0. The summed E-state index contributed by atoms with van der Waals surface area (Å²) in [7, 11) is 0. The third-order valence-corrected chi connectivity index (χ3v) is 3.85. The molecule has 0 aromatic heterocycles. The van der Waals surface area contributed by atoms with Gasteiger partial charge in [0.05, 0.1) is 19.8 Å². The predicted octanol–water partition coefficient (Wildman–Crippen LogP) is 2.33. The van der Waals surface area contributed by atoms with Gasteiger partial charge < -0.3 is 15.2 Å². The molecule has 1 aromatic carbocycles. The van der Waals surface area contributed by atoms with Crippen LogP contribution in [-0.4, -0.2) is 31.5 Å². The molecule has 0 spiro atoms. The molecular formula is C15H21F2NO2. The Morgan fingerprint density at radius 2 is 1.95 bits per heavy atom. The molecule has 0 saturated heterocycles. The standard InChI is InChI=1S/C15H21F2NO2/c16-12-3-4-13(14(17)11-12)15(5-1-2-6-15)18-7-9-20-10-8-19/h3-4,11,18-19H,1-2,5-10H2. The highest BCUT2D eigenvalue weighted by molar-refractivity contribution is 5.28. The van der Waals surface area contributed by atoms with Crippen LogP contribution in [0.5, 0.6) is 0 Å². The van der Waals surface area contributed by atoms with E-state index in [1.54, 1.807) is 0 Å². The van der Waals surface area contributed by atoms with E-state index in [1.165, 1.54) is 12.1 Å². The van der Waals surface area contributed by atoms with Crippen molar-refractivity contribution in [3.63, 3.8) is 0 Å². The number of ether oxygens (including phenoxy) is 1. The van der Waals surface area contributed by atoms with Gasteiger partial charge in [0, 0.05) is 23.7 Å². The van der Waals surface area contributed by atoms with Gasteiger partial charge >= 0.3 is 0 Å². The maximum Gasteiger partial charge on any atom is 0.131 e. The summed E-state index contributed by atoms with van der Waals surface area (Å²) in [5.74, 6) is -1.04. The molecule has 0 radical (unpaired) electrons. The van der Waals surface area contributed by atoms with Gasteiger partial charge in [-0.25, -0.2) is 8.78 Å². The van der Waals surface area contributed by atoms with Crippen LogP contribution in [0.25, 0.3) is 0 Å². The van der Waals surface area contributed by atoms with Gasteiger partial charge in [0.15, 0.2) is 0 Å². The average molecular weight is 285 g/mol. The maximum atomic E-state index is 14.0. The Labute approximate surface area is 117 Å². The zero-order valence-corrected chi connectivity index (χ0v) is 11.5. The molecule has 0 heterocycles. The monoisotopic (exact) mass is 285 g/mol. The lowest BCUT2D eigenvalue weighted by molar-refractivity contribution is 0.0889. The van der Waals surface area contributed by atoms with Crippen LogP contribution in [0.1, 0.15) is 31.2 Å². The molecule has 0 aliphatic heterocycles. The van der Waals surface area contributed by atoms with Crippen LogP contribution >= 0.6 is 0 Å². The van der Waals surface area contributed by atoms with Gasteiger partial charge in [-0.2, -0.15) is 0 Å². The predicted molar refractivity (Wildman–Crippen MR) is 72.4 cm³/mol. The van der Waals surface area contributed by atoms with Gasteiger partial charge in [-0.15, -0.1) is 0 Å². The Balaban J connectivity index is 2.05. The zero-order valence-electron chi connectivity index (χ0n) is 11.5. The Morgan fingerprint density at radius 1 is 1.20 bits per heavy atom. The quantitative estimate of drug-likeness (QED) is 0.756. The third-order valence-electron chi connectivity index (χ3n) is 3.85. The van der Waals surface area contributed by atoms with E-state index in [2.05, 4.69) is 5.32 Å². The minimum absolute atomic E-state index is 0.00225. The van der Waals surface area contributed by atoms with Gasteiger partial charge in [0.1, 0.15) is 11.6 Å². The molecule has 20 heavy (non-hydrogen) atoms. The molecule has 1 aliphatic rings. The molecule has 0 bridgehead atoms. The lowest BCUT2D eigenvalue weighted by Crippen LogP contribution is -2.42. The van der Waals surface area contributed by atoms with Gasteiger partial charge in [-0.1, -0.05) is 18.9 Å². The van der Waals surface area contributed by atoms with Crippen molar-refractivity contribution in [3.05, 3.63) is 35.4 Å². The molecule has 1 aromatic rings. The first-order valence-electron chi connectivity index (χ1n) is 7.07. The van der Waals surface area contributed by atoms with Crippen molar-refractivity contribution in [1.29, 1.82) is 0 Å². The second-order valence-corrected chi connectivity index (χ2v) is 5.18. The number of rotatable bonds is 7. The average Bonchev–Trinajstić information content (AvgIpc) is 2.88. The molecular weight excluding hydrogens is 264 g/mol. The lowest BCUT2D eigenvalue weighted by Gasteiger charge is -2.31. The van der Waals surface area contributed by atoms with E-state index in [4.69, 9.17) is 9.84 Å². The Morgan fingerprint density at radius 3 is 2.60 bits per heavy atom. The van der Waals surface area contributed by atoms with Gasteiger partial charge in [0.2, 0.25) is 0 Å². The zero-order chi connectivity index (χ0) is 14.4. The van der Waals surface area contributed by atoms with Gasteiger partial charge in [0.25, 0.3) is 0 Å². The highest BCUT2D eigenvalue weighted by Gasteiger charge is 2.37. The van der Waals surface area contributed by atoms with Crippen LogP contribution in [0.2, 0.25) is 0 Å². The fraction of sp³-hybridized carbons (Fsp3) is 0.600. The highest BCUT2D eigenvalue weighted by atomic mass is 19.1. The largest absolute Gasteiger partial charge is 0.394 e. The van der Waals surface area contributed by atoms with Crippen molar-refractivity contribution in [3.8, 4) is 0 Å². The topological polar surface area (TPSA) is 41.5 Å². The summed E-state index contributed by atoms with van der Waals surface area (Å²) in [5, 5.41) is 12.0. The van der Waals surface area contributed by atoms with Crippen LogP contribution in [0, 0.1) is 11.6 Å². The first kappa shape index (κ1) is 15.4. The van der Waals surface area contributed by atoms with E-state index in [0.717, 1.165) is 31.7 Å². The van der Waals surface area contributed by atoms with Crippen LogP contribution in [-0.2, 0) is 10.3 Å². The Hall–Kier alpha value is -1.04. The summed E-state index contributed by atoms with van der Waals surface area (Å²) in [6.07, 6.45) is 3.74. The Kier molecular flexibility index (Phi) is 5.46. The van der Waals surface area contributed by atoms with Crippen molar-refractivity contribution in [2.75, 3.05) is 26.4 Å². The molecule has 1 aliphatic carbocycles. The second kappa shape index (κ2) is 7.11.